The average molecular weight is 572 g/mol. The number of thioether (sulfide) groups is 1. The number of amides is 1. The van der Waals surface area contributed by atoms with Gasteiger partial charge in [0.15, 0.2) is 0 Å². The van der Waals surface area contributed by atoms with Crippen LogP contribution < -0.4 is 5.73 Å². The molecule has 3 N–H and O–H groups in total. The van der Waals surface area contributed by atoms with Crippen LogP contribution in [0.15, 0.2) is 10.6 Å². The minimum absolute atomic E-state index is 0.0628. The maximum absolute atomic E-state index is 12.9. The summed E-state index contributed by atoms with van der Waals surface area (Å²) in [5.74, 6) is -2.56. The van der Waals surface area contributed by atoms with Gasteiger partial charge in [-0.05, 0) is 47.6 Å². The summed E-state index contributed by atoms with van der Waals surface area (Å²) in [6.07, 6.45) is -0.160. The minimum atomic E-state index is -0.818. The Morgan fingerprint density at radius 2 is 1.77 bits per heavy atom. The number of fused-ring (bicyclic) bond motifs is 1. The van der Waals surface area contributed by atoms with E-state index in [-0.39, 0.29) is 40.8 Å². The maximum Gasteiger partial charge on any atom is 0.358 e. The molecule has 3 heterocycles. The molecule has 0 spiro atoms. The topological polar surface area (TPSA) is 132 Å². The smallest absolute Gasteiger partial charge is 0.358 e. The third kappa shape index (κ3) is 7.75. The number of carbonyl (C=O) groups is 3. The first-order chi connectivity index (χ1) is 18.3. The Hall–Kier alpha value is -1.66. The van der Waals surface area contributed by atoms with Crippen LogP contribution in [0, 0.1) is 17.8 Å². The first-order valence-electron chi connectivity index (χ1n) is 14.1. The van der Waals surface area contributed by atoms with Gasteiger partial charge in [0.05, 0.1) is 30.1 Å². The Kier molecular flexibility index (Phi) is 12.7. The molecule has 0 aliphatic carbocycles. The summed E-state index contributed by atoms with van der Waals surface area (Å²) in [5, 5.41) is 10.1. The van der Waals surface area contributed by atoms with Crippen molar-refractivity contribution in [1.82, 2.24) is 9.80 Å². The number of nitrogens with two attached hydrogens (primary N) is 1. The third-order valence-electron chi connectivity index (χ3n) is 7.52. The number of rotatable bonds is 11. The van der Waals surface area contributed by atoms with Gasteiger partial charge in [-0.3, -0.25) is 14.5 Å². The lowest BCUT2D eigenvalue weighted by molar-refractivity contribution is -0.173. The van der Waals surface area contributed by atoms with E-state index in [0.717, 1.165) is 17.9 Å². The van der Waals surface area contributed by atoms with Crippen molar-refractivity contribution in [2.45, 2.75) is 104 Å². The van der Waals surface area contributed by atoms with Crippen molar-refractivity contribution >= 4 is 29.6 Å². The standard InChI is InChI=1S/C20H30N2O7S.C8H19N/c1-9(2)19(25)28-8-29-20(26)16-17(30-13-5-6-27-12(13)7-21)10(3)15-14(11(4)23)18(24)22(15)16;1-6-9(7(2)3)8(4)5/h9-15,23H,5-8,21H2,1-4H3;7-8H,6H2,1-5H3/t10-,11-,12?,13?,14-,15?;/m1./s1. The van der Waals surface area contributed by atoms with E-state index >= 15 is 0 Å². The summed E-state index contributed by atoms with van der Waals surface area (Å²) in [6, 6.07) is 1.07. The van der Waals surface area contributed by atoms with E-state index in [1.54, 1.807) is 20.8 Å². The van der Waals surface area contributed by atoms with Crippen LogP contribution in [0.5, 0.6) is 0 Å². The number of aliphatic hydroxyl groups excluding tert-OH is 1. The molecule has 10 nitrogen and oxygen atoms in total. The summed E-state index contributed by atoms with van der Waals surface area (Å²) in [4.78, 5) is 41.8. The van der Waals surface area contributed by atoms with Crippen LogP contribution >= 0.6 is 11.8 Å². The Bertz CT molecular complexity index is 884. The molecule has 3 aliphatic rings. The van der Waals surface area contributed by atoms with Gasteiger partial charge in [-0.15, -0.1) is 11.8 Å². The van der Waals surface area contributed by atoms with E-state index in [4.69, 9.17) is 19.9 Å². The van der Waals surface area contributed by atoms with Gasteiger partial charge in [0, 0.05) is 41.3 Å². The number of esters is 2. The lowest BCUT2D eigenvalue weighted by Gasteiger charge is -2.46. The molecule has 0 aromatic rings. The van der Waals surface area contributed by atoms with Crippen molar-refractivity contribution in [1.29, 1.82) is 0 Å². The lowest BCUT2D eigenvalue weighted by Crippen LogP contribution is -2.63. The molecule has 3 unspecified atom stereocenters. The highest BCUT2D eigenvalue weighted by molar-refractivity contribution is 8.03. The number of ether oxygens (including phenoxy) is 3. The molecule has 0 aromatic heterocycles. The highest BCUT2D eigenvalue weighted by Crippen LogP contribution is 2.52. The number of β-lactam (4-membered cyclic amide) rings is 1. The summed E-state index contributed by atoms with van der Waals surface area (Å²) in [6.45, 7) is 19.6. The average Bonchev–Trinajstić information content (AvgIpc) is 3.39. The molecule has 2 saturated heterocycles. The van der Waals surface area contributed by atoms with E-state index in [2.05, 4.69) is 39.5 Å². The molecule has 39 heavy (non-hydrogen) atoms. The normalized spacial score (nSPS) is 27.1. The van der Waals surface area contributed by atoms with Crippen LogP contribution in [0.25, 0.3) is 0 Å². The molecule has 0 bridgehead atoms. The molecule has 3 aliphatic heterocycles. The Morgan fingerprint density at radius 3 is 2.23 bits per heavy atom. The Balaban J connectivity index is 0.000000510. The number of hydrogen-bond acceptors (Lipinski definition) is 10. The number of nitrogens with zero attached hydrogens (tertiary/aromatic N) is 2. The van der Waals surface area contributed by atoms with Crippen molar-refractivity contribution in [3.8, 4) is 0 Å². The van der Waals surface area contributed by atoms with E-state index < -0.39 is 30.8 Å². The molecule has 6 atom stereocenters. The Labute approximate surface area is 237 Å². The molecule has 3 rings (SSSR count). The van der Waals surface area contributed by atoms with E-state index in [1.807, 2.05) is 6.92 Å². The highest BCUT2D eigenvalue weighted by atomic mass is 32.2. The number of hydrogen-bond donors (Lipinski definition) is 2. The van der Waals surface area contributed by atoms with Crippen LogP contribution in [0.4, 0.5) is 0 Å². The number of aliphatic hydroxyl groups is 1. The monoisotopic (exact) mass is 571 g/mol. The van der Waals surface area contributed by atoms with Crippen molar-refractivity contribution in [3.05, 3.63) is 10.6 Å². The van der Waals surface area contributed by atoms with Crippen molar-refractivity contribution < 1.29 is 33.7 Å². The van der Waals surface area contributed by atoms with Crippen LogP contribution in [0.1, 0.15) is 68.7 Å². The van der Waals surface area contributed by atoms with Crippen molar-refractivity contribution in [2.24, 2.45) is 23.5 Å². The minimum Gasteiger partial charge on any atom is -0.428 e. The predicted molar refractivity (Wildman–Crippen MR) is 151 cm³/mol. The lowest BCUT2D eigenvalue weighted by atomic mass is 9.79. The van der Waals surface area contributed by atoms with Crippen molar-refractivity contribution in [3.63, 3.8) is 0 Å². The molecule has 224 valence electrons. The second-order valence-electron chi connectivity index (χ2n) is 11.2. The predicted octanol–water partition coefficient (Wildman–Crippen LogP) is 2.73. The van der Waals surface area contributed by atoms with Gasteiger partial charge in [-0.1, -0.05) is 27.7 Å². The van der Waals surface area contributed by atoms with Gasteiger partial charge in [-0.25, -0.2) is 4.79 Å². The van der Waals surface area contributed by atoms with Gasteiger partial charge in [-0.2, -0.15) is 0 Å². The van der Waals surface area contributed by atoms with Gasteiger partial charge in [0.25, 0.3) is 0 Å². The summed E-state index contributed by atoms with van der Waals surface area (Å²) < 4.78 is 15.8. The van der Waals surface area contributed by atoms with Crippen molar-refractivity contribution in [2.75, 3.05) is 26.5 Å². The zero-order valence-corrected chi connectivity index (χ0v) is 25.8. The van der Waals surface area contributed by atoms with Gasteiger partial charge >= 0.3 is 11.9 Å². The summed E-state index contributed by atoms with van der Waals surface area (Å²) >= 11 is 1.49. The molecule has 0 saturated carbocycles. The SMILES string of the molecule is CC(C)C(=O)OCOC(=O)C1=C(SC2CCOC2CN)[C@H](C)C2[C@@H]([C@@H](C)O)C(=O)N12.CCN(C(C)C)C(C)C. The van der Waals surface area contributed by atoms with Gasteiger partial charge in [0.2, 0.25) is 12.7 Å². The first-order valence-corrected chi connectivity index (χ1v) is 15.0. The highest BCUT2D eigenvalue weighted by Gasteiger charge is 2.60. The molecule has 11 heteroatoms. The maximum atomic E-state index is 12.9. The van der Waals surface area contributed by atoms with E-state index in [0.29, 0.717) is 25.2 Å². The van der Waals surface area contributed by atoms with Gasteiger partial charge in [0.1, 0.15) is 5.70 Å². The summed E-state index contributed by atoms with van der Waals surface area (Å²) in [7, 11) is 0. The zero-order valence-electron chi connectivity index (χ0n) is 25.0. The molecule has 2 fully saturated rings. The molecule has 0 aromatic carbocycles. The second-order valence-corrected chi connectivity index (χ2v) is 12.5. The largest absolute Gasteiger partial charge is 0.428 e. The molecule has 1 amide bonds. The summed E-state index contributed by atoms with van der Waals surface area (Å²) in [5.41, 5.74) is 5.97. The first kappa shape index (κ1) is 33.5. The van der Waals surface area contributed by atoms with Crippen LogP contribution in [-0.2, 0) is 28.6 Å². The zero-order chi connectivity index (χ0) is 29.6. The number of carbonyl (C=O) groups excluding carboxylic acids is 3. The molecule has 0 radical (unpaired) electrons. The fraction of sp³-hybridized carbons (Fsp3) is 0.821. The van der Waals surface area contributed by atoms with E-state index in [1.165, 1.54) is 16.7 Å². The quantitative estimate of drug-likeness (QED) is 0.217. The fourth-order valence-electron chi connectivity index (χ4n) is 5.52. The second kappa shape index (κ2) is 14.8. The van der Waals surface area contributed by atoms with E-state index in [9.17, 15) is 19.5 Å². The molecular weight excluding hydrogens is 522 g/mol. The van der Waals surface area contributed by atoms with Gasteiger partial charge < -0.3 is 30.0 Å². The fourth-order valence-corrected chi connectivity index (χ4v) is 7.05. The molecular formula is C28H49N3O7S. The third-order valence-corrected chi connectivity index (χ3v) is 9.18. The van der Waals surface area contributed by atoms with Crippen LogP contribution in [-0.4, -0.2) is 94.8 Å². The van der Waals surface area contributed by atoms with Crippen LogP contribution in [0.3, 0.4) is 0 Å². The van der Waals surface area contributed by atoms with Crippen LogP contribution in [0.2, 0.25) is 0 Å². The Morgan fingerprint density at radius 1 is 1.15 bits per heavy atom.